The molecule has 4 aliphatic heterocycles. The van der Waals surface area contributed by atoms with Crippen LogP contribution in [0.4, 0.5) is 0 Å². The van der Waals surface area contributed by atoms with Gasteiger partial charge in [-0.2, -0.15) is 0 Å². The molecule has 0 radical (unpaired) electrons. The van der Waals surface area contributed by atoms with Crippen molar-refractivity contribution in [3.8, 4) is 11.5 Å². The first-order valence-electron chi connectivity index (χ1n) is 8.56. The molecular formula is C18H24N2O3. The van der Waals surface area contributed by atoms with Crippen LogP contribution in [0, 0.1) is 5.92 Å². The second-order valence-electron chi connectivity index (χ2n) is 6.80. The van der Waals surface area contributed by atoms with Crippen molar-refractivity contribution in [1.29, 1.82) is 0 Å². The number of carbonyl (C=O) groups excluding carboxylic acids is 1. The van der Waals surface area contributed by atoms with E-state index in [0.29, 0.717) is 24.0 Å². The average Bonchev–Trinajstić information content (AvgIpc) is 2.90. The third-order valence-electron chi connectivity index (χ3n) is 5.50. The lowest BCUT2D eigenvalue weighted by Gasteiger charge is -2.34. The first kappa shape index (κ1) is 15.0. The van der Waals surface area contributed by atoms with Gasteiger partial charge in [-0.25, -0.2) is 0 Å². The van der Waals surface area contributed by atoms with E-state index < -0.39 is 0 Å². The molecule has 0 amide bonds. The zero-order valence-corrected chi connectivity index (χ0v) is 13.7. The number of ketones is 1. The van der Waals surface area contributed by atoms with E-state index >= 15 is 0 Å². The monoisotopic (exact) mass is 316 g/mol. The lowest BCUT2D eigenvalue weighted by Crippen LogP contribution is -2.44. The molecule has 1 atom stereocenters. The number of benzene rings is 1. The molecule has 1 unspecified atom stereocenters. The van der Waals surface area contributed by atoms with E-state index in [-0.39, 0.29) is 11.7 Å². The number of fused-ring (bicyclic) bond motifs is 5. The number of piperidine rings is 1. The topological polar surface area (TPSA) is 42.0 Å². The van der Waals surface area contributed by atoms with Crippen LogP contribution < -0.4 is 9.47 Å². The van der Waals surface area contributed by atoms with Gasteiger partial charge in [0.1, 0.15) is 11.5 Å². The lowest BCUT2D eigenvalue weighted by molar-refractivity contribution is 0.0728. The summed E-state index contributed by atoms with van der Waals surface area (Å²) < 4.78 is 11.1. The van der Waals surface area contributed by atoms with Crippen molar-refractivity contribution in [2.45, 2.75) is 18.9 Å². The van der Waals surface area contributed by atoms with Gasteiger partial charge in [0.25, 0.3) is 0 Å². The summed E-state index contributed by atoms with van der Waals surface area (Å²) in [7, 11) is 1.62. The van der Waals surface area contributed by atoms with Gasteiger partial charge in [-0.1, -0.05) is 0 Å². The molecule has 0 aliphatic carbocycles. The maximum Gasteiger partial charge on any atom is 0.174 e. The molecule has 23 heavy (non-hydrogen) atoms. The van der Waals surface area contributed by atoms with E-state index in [1.54, 1.807) is 7.11 Å². The Hall–Kier alpha value is -1.59. The van der Waals surface area contributed by atoms with Crippen molar-refractivity contribution in [1.82, 2.24) is 9.80 Å². The van der Waals surface area contributed by atoms with E-state index in [4.69, 9.17) is 9.47 Å². The quantitative estimate of drug-likeness (QED) is 0.848. The molecule has 5 rings (SSSR count). The molecule has 4 aliphatic rings. The molecule has 0 N–H and O–H groups in total. The summed E-state index contributed by atoms with van der Waals surface area (Å²) in [5.41, 5.74) is 0.699. The van der Waals surface area contributed by atoms with Crippen molar-refractivity contribution in [3.05, 3.63) is 23.8 Å². The molecule has 0 saturated carbocycles. The average molecular weight is 316 g/mol. The van der Waals surface area contributed by atoms with E-state index in [1.165, 1.54) is 25.9 Å². The van der Waals surface area contributed by atoms with Crippen LogP contribution in [0.5, 0.6) is 11.5 Å². The summed E-state index contributed by atoms with van der Waals surface area (Å²) in [5.74, 6) is 1.55. The third-order valence-corrected chi connectivity index (χ3v) is 5.50. The maximum absolute atomic E-state index is 12.8. The minimum atomic E-state index is -0.0527. The Bertz CT molecular complexity index is 596. The fraction of sp³-hybridized carbons (Fsp3) is 0.611. The number of hydrogen-bond acceptors (Lipinski definition) is 5. The minimum Gasteiger partial charge on any atom is -0.497 e. The summed E-state index contributed by atoms with van der Waals surface area (Å²) >= 11 is 0. The van der Waals surface area contributed by atoms with Crippen molar-refractivity contribution in [3.63, 3.8) is 0 Å². The van der Waals surface area contributed by atoms with Gasteiger partial charge in [-0.15, -0.1) is 0 Å². The van der Waals surface area contributed by atoms with Crippen LogP contribution in [0.15, 0.2) is 18.2 Å². The van der Waals surface area contributed by atoms with Crippen molar-refractivity contribution in [2.75, 3.05) is 46.4 Å². The first-order chi connectivity index (χ1) is 11.2. The van der Waals surface area contributed by atoms with Gasteiger partial charge in [-0.3, -0.25) is 9.69 Å². The summed E-state index contributed by atoms with van der Waals surface area (Å²) in [4.78, 5) is 17.9. The predicted octanol–water partition coefficient (Wildman–Crippen LogP) is 1.67. The lowest BCUT2D eigenvalue weighted by atomic mass is 9.93. The second kappa shape index (κ2) is 6.13. The summed E-state index contributed by atoms with van der Waals surface area (Å²) in [6, 6.07) is 6.12. The SMILES string of the molecule is COc1ccc2c(c1)OCC(CN1CCN3CCC1CC3)C2=O. The molecule has 124 valence electrons. The van der Waals surface area contributed by atoms with Crippen LogP contribution in [-0.2, 0) is 0 Å². The Kier molecular flexibility index (Phi) is 3.99. The number of rotatable bonds is 3. The predicted molar refractivity (Wildman–Crippen MR) is 87.3 cm³/mol. The van der Waals surface area contributed by atoms with Crippen LogP contribution in [0.25, 0.3) is 0 Å². The summed E-state index contributed by atoms with van der Waals surface area (Å²) in [6.07, 6.45) is 2.46. The van der Waals surface area contributed by atoms with Gasteiger partial charge >= 0.3 is 0 Å². The number of methoxy groups -OCH3 is 1. The standard InChI is InChI=1S/C18H24N2O3/c1-22-15-2-3-16-17(10-15)23-12-13(18(16)21)11-20-9-8-19-6-4-14(20)5-7-19/h2-3,10,13-14H,4-9,11-12H2,1H3. The highest BCUT2D eigenvalue weighted by Gasteiger charge is 2.35. The van der Waals surface area contributed by atoms with Gasteiger partial charge in [0.05, 0.1) is 25.2 Å². The Morgan fingerprint density at radius 1 is 1.22 bits per heavy atom. The molecule has 1 aromatic carbocycles. The number of carbonyl (C=O) groups is 1. The van der Waals surface area contributed by atoms with Crippen molar-refractivity contribution in [2.24, 2.45) is 5.92 Å². The van der Waals surface area contributed by atoms with Crippen LogP contribution >= 0.6 is 0 Å². The molecule has 3 fully saturated rings. The Balaban J connectivity index is 1.49. The van der Waals surface area contributed by atoms with Crippen LogP contribution in [0.2, 0.25) is 0 Å². The number of nitrogens with zero attached hydrogens (tertiary/aromatic N) is 2. The smallest absolute Gasteiger partial charge is 0.174 e. The van der Waals surface area contributed by atoms with Gasteiger partial charge in [0.15, 0.2) is 5.78 Å². The molecule has 3 saturated heterocycles. The van der Waals surface area contributed by atoms with Gasteiger partial charge in [0, 0.05) is 31.7 Å². The fourth-order valence-electron chi connectivity index (χ4n) is 4.06. The van der Waals surface area contributed by atoms with Gasteiger partial charge in [0.2, 0.25) is 0 Å². The fourth-order valence-corrected chi connectivity index (χ4v) is 4.06. The molecule has 4 heterocycles. The minimum absolute atomic E-state index is 0.0527. The second-order valence-corrected chi connectivity index (χ2v) is 6.80. The van der Waals surface area contributed by atoms with E-state index in [0.717, 1.165) is 25.4 Å². The highest BCUT2D eigenvalue weighted by atomic mass is 16.5. The van der Waals surface area contributed by atoms with E-state index in [2.05, 4.69) is 9.80 Å². The Morgan fingerprint density at radius 3 is 2.83 bits per heavy atom. The largest absolute Gasteiger partial charge is 0.497 e. The van der Waals surface area contributed by atoms with E-state index in [1.807, 2.05) is 18.2 Å². The van der Waals surface area contributed by atoms with E-state index in [9.17, 15) is 4.79 Å². The van der Waals surface area contributed by atoms with Crippen LogP contribution in [-0.4, -0.2) is 68.1 Å². The maximum atomic E-state index is 12.8. The zero-order chi connectivity index (χ0) is 15.8. The molecule has 5 heteroatoms. The first-order valence-corrected chi connectivity index (χ1v) is 8.56. The zero-order valence-electron chi connectivity index (χ0n) is 13.7. The molecular weight excluding hydrogens is 292 g/mol. The Morgan fingerprint density at radius 2 is 2.04 bits per heavy atom. The van der Waals surface area contributed by atoms with Gasteiger partial charge in [-0.05, 0) is 38.1 Å². The number of hydrogen-bond donors (Lipinski definition) is 0. The van der Waals surface area contributed by atoms with Crippen LogP contribution in [0.3, 0.4) is 0 Å². The molecule has 2 bridgehead atoms. The third kappa shape index (κ3) is 2.83. The molecule has 5 nitrogen and oxygen atoms in total. The molecule has 0 aromatic heterocycles. The van der Waals surface area contributed by atoms with Crippen molar-refractivity contribution < 1.29 is 14.3 Å². The highest BCUT2D eigenvalue weighted by Crippen LogP contribution is 2.32. The number of Topliss-reactive ketones (excluding diaryl/α,β-unsaturated/α-hetero) is 1. The van der Waals surface area contributed by atoms with Crippen LogP contribution in [0.1, 0.15) is 23.2 Å². The summed E-state index contributed by atoms with van der Waals surface area (Å²) in [5, 5.41) is 0. The van der Waals surface area contributed by atoms with Crippen molar-refractivity contribution >= 4 is 5.78 Å². The Labute approximate surface area is 137 Å². The molecule has 0 spiro atoms. The summed E-state index contributed by atoms with van der Waals surface area (Å²) in [6.45, 7) is 5.92. The van der Waals surface area contributed by atoms with Gasteiger partial charge < -0.3 is 14.4 Å². The highest BCUT2D eigenvalue weighted by molar-refractivity contribution is 6.01. The normalized spacial score (nSPS) is 30.5. The number of ether oxygens (including phenoxy) is 2. The molecule has 1 aromatic rings.